The molecule has 1 aliphatic rings. The summed E-state index contributed by atoms with van der Waals surface area (Å²) in [6, 6.07) is 15.7. The summed E-state index contributed by atoms with van der Waals surface area (Å²) in [6.07, 6.45) is 1.82. The first-order valence-corrected chi connectivity index (χ1v) is 11.7. The molecule has 0 bridgehead atoms. The van der Waals surface area contributed by atoms with E-state index in [-0.39, 0.29) is 18.1 Å². The van der Waals surface area contributed by atoms with E-state index in [9.17, 15) is 4.79 Å². The summed E-state index contributed by atoms with van der Waals surface area (Å²) in [4.78, 5) is 21.2. The zero-order chi connectivity index (χ0) is 24.4. The standard InChI is InChI=1S/C26H31N5O2S/c1-17-15-21(18(2)31(17)20-10-8-9-19(16-20)25(32)33-5)24-23(22-11-6-7-12-27-22)28-26(34)30(24)14-13-29(3)4/h6-12,15-16,23-24H,13-14H2,1-5H3,(H,28,34). The number of carbonyl (C=O) groups is 1. The molecule has 0 amide bonds. The van der Waals surface area contributed by atoms with Gasteiger partial charge in [-0.05, 0) is 82.1 Å². The number of hydrogen-bond acceptors (Lipinski definition) is 5. The summed E-state index contributed by atoms with van der Waals surface area (Å²) in [5.74, 6) is -0.347. The van der Waals surface area contributed by atoms with E-state index in [1.807, 2.05) is 42.6 Å². The van der Waals surface area contributed by atoms with Gasteiger partial charge in [-0.1, -0.05) is 12.1 Å². The molecule has 1 N–H and O–H groups in total. The van der Waals surface area contributed by atoms with Gasteiger partial charge >= 0.3 is 5.97 Å². The van der Waals surface area contributed by atoms with Gasteiger partial charge in [-0.15, -0.1) is 0 Å². The average molecular weight is 478 g/mol. The van der Waals surface area contributed by atoms with Crippen LogP contribution in [0.2, 0.25) is 0 Å². The second kappa shape index (κ2) is 9.95. The minimum atomic E-state index is -0.347. The number of nitrogens with zero attached hydrogens (tertiary/aromatic N) is 4. The molecule has 1 aliphatic heterocycles. The van der Waals surface area contributed by atoms with Crippen molar-refractivity contribution in [3.63, 3.8) is 0 Å². The number of nitrogens with one attached hydrogen (secondary N) is 1. The number of esters is 1. The van der Waals surface area contributed by atoms with Gasteiger partial charge in [0.05, 0.1) is 30.5 Å². The van der Waals surface area contributed by atoms with Crippen molar-refractivity contribution in [3.8, 4) is 5.69 Å². The van der Waals surface area contributed by atoms with Crippen LogP contribution in [0.4, 0.5) is 0 Å². The summed E-state index contributed by atoms with van der Waals surface area (Å²) in [5.41, 5.74) is 5.78. The lowest BCUT2D eigenvalue weighted by Gasteiger charge is -2.29. The van der Waals surface area contributed by atoms with Crippen molar-refractivity contribution in [2.45, 2.75) is 25.9 Å². The normalized spacial score (nSPS) is 17.8. The second-order valence-corrected chi connectivity index (χ2v) is 9.21. The van der Waals surface area contributed by atoms with Gasteiger partial charge in [-0.3, -0.25) is 4.98 Å². The summed E-state index contributed by atoms with van der Waals surface area (Å²) in [6.45, 7) is 5.89. The number of carbonyl (C=O) groups excluding carboxylic acids is 1. The Kier molecular flexibility index (Phi) is 7.00. The fraction of sp³-hybridized carbons (Fsp3) is 0.346. The molecule has 1 fully saturated rings. The van der Waals surface area contributed by atoms with E-state index in [0.29, 0.717) is 5.56 Å². The Bertz CT molecular complexity index is 1190. The molecule has 8 heteroatoms. The predicted molar refractivity (Wildman–Crippen MR) is 137 cm³/mol. The Morgan fingerprint density at radius 3 is 2.65 bits per heavy atom. The molecule has 2 atom stereocenters. The van der Waals surface area contributed by atoms with Crippen molar-refractivity contribution in [2.24, 2.45) is 0 Å². The van der Waals surface area contributed by atoms with Crippen LogP contribution in [0.1, 0.15) is 45.1 Å². The van der Waals surface area contributed by atoms with Gasteiger partial charge in [0.1, 0.15) is 0 Å². The topological polar surface area (TPSA) is 62.6 Å². The number of aromatic nitrogens is 2. The number of hydrogen-bond donors (Lipinski definition) is 1. The lowest BCUT2D eigenvalue weighted by molar-refractivity contribution is 0.0600. The SMILES string of the molecule is COC(=O)c1cccc(-n2c(C)cc(C3C(c4ccccn4)NC(=S)N3CCN(C)C)c2C)c1. The van der Waals surface area contributed by atoms with Crippen LogP contribution in [0.25, 0.3) is 5.69 Å². The third kappa shape index (κ3) is 4.56. The molecule has 2 aromatic heterocycles. The molecule has 3 aromatic rings. The number of benzene rings is 1. The Hall–Kier alpha value is -3.23. The number of pyridine rings is 1. The van der Waals surface area contributed by atoms with E-state index in [0.717, 1.165) is 41.0 Å². The first kappa shape index (κ1) is 23.9. The highest BCUT2D eigenvalue weighted by Crippen LogP contribution is 2.41. The van der Waals surface area contributed by atoms with Crippen LogP contribution in [0, 0.1) is 13.8 Å². The molecule has 1 aromatic carbocycles. The third-order valence-electron chi connectivity index (χ3n) is 6.30. The van der Waals surface area contributed by atoms with Crippen molar-refractivity contribution < 1.29 is 9.53 Å². The molecular weight excluding hydrogens is 446 g/mol. The number of likely N-dealkylation sites (N-methyl/N-ethyl adjacent to an activating group) is 1. The summed E-state index contributed by atoms with van der Waals surface area (Å²) in [7, 11) is 5.53. The smallest absolute Gasteiger partial charge is 0.337 e. The molecule has 2 unspecified atom stereocenters. The van der Waals surface area contributed by atoms with Crippen LogP contribution in [-0.4, -0.2) is 64.7 Å². The fourth-order valence-electron chi connectivity index (χ4n) is 4.67. The second-order valence-electron chi connectivity index (χ2n) is 8.83. The maximum Gasteiger partial charge on any atom is 0.337 e. The molecule has 7 nitrogen and oxygen atoms in total. The highest BCUT2D eigenvalue weighted by Gasteiger charge is 2.41. The molecule has 0 aliphatic carbocycles. The molecule has 0 spiro atoms. The van der Waals surface area contributed by atoms with Crippen molar-refractivity contribution in [1.29, 1.82) is 0 Å². The van der Waals surface area contributed by atoms with Gasteiger partial charge < -0.3 is 24.4 Å². The van der Waals surface area contributed by atoms with E-state index < -0.39 is 0 Å². The molecular formula is C26H31N5O2S. The fourth-order valence-corrected chi connectivity index (χ4v) is 5.00. The lowest BCUT2D eigenvalue weighted by Crippen LogP contribution is -2.35. The predicted octanol–water partition coefficient (Wildman–Crippen LogP) is 3.81. The van der Waals surface area contributed by atoms with Gasteiger partial charge in [-0.25, -0.2) is 4.79 Å². The highest BCUT2D eigenvalue weighted by atomic mass is 32.1. The van der Waals surface area contributed by atoms with Crippen molar-refractivity contribution >= 4 is 23.3 Å². The Morgan fingerprint density at radius 1 is 1.18 bits per heavy atom. The van der Waals surface area contributed by atoms with Gasteiger partial charge in [0.25, 0.3) is 0 Å². The quantitative estimate of drug-likeness (QED) is 0.410. The zero-order valence-corrected chi connectivity index (χ0v) is 21.1. The first-order valence-electron chi connectivity index (χ1n) is 11.3. The summed E-state index contributed by atoms with van der Waals surface area (Å²) < 4.78 is 7.10. The Balaban J connectivity index is 1.80. The van der Waals surface area contributed by atoms with Gasteiger partial charge in [0.2, 0.25) is 0 Å². The minimum absolute atomic E-state index is 0.00825. The van der Waals surface area contributed by atoms with Crippen molar-refractivity contribution in [1.82, 2.24) is 24.7 Å². The van der Waals surface area contributed by atoms with E-state index in [4.69, 9.17) is 17.0 Å². The number of aryl methyl sites for hydroxylation is 1. The van der Waals surface area contributed by atoms with E-state index in [1.165, 1.54) is 12.7 Å². The summed E-state index contributed by atoms with van der Waals surface area (Å²) in [5, 5.41) is 4.26. The van der Waals surface area contributed by atoms with Crippen LogP contribution < -0.4 is 5.32 Å². The lowest BCUT2D eigenvalue weighted by atomic mass is 9.96. The molecule has 0 radical (unpaired) electrons. The van der Waals surface area contributed by atoms with Crippen molar-refractivity contribution in [2.75, 3.05) is 34.3 Å². The van der Waals surface area contributed by atoms with Crippen LogP contribution in [0.3, 0.4) is 0 Å². The number of ether oxygens (including phenoxy) is 1. The molecule has 178 valence electrons. The molecule has 34 heavy (non-hydrogen) atoms. The molecule has 4 rings (SSSR count). The average Bonchev–Trinajstić information content (AvgIpc) is 3.32. The van der Waals surface area contributed by atoms with Crippen LogP contribution in [0.15, 0.2) is 54.7 Å². The van der Waals surface area contributed by atoms with E-state index >= 15 is 0 Å². The number of methoxy groups -OCH3 is 1. The highest BCUT2D eigenvalue weighted by molar-refractivity contribution is 7.80. The number of thiocarbonyl (C=S) groups is 1. The van der Waals surface area contributed by atoms with Gasteiger partial charge in [-0.2, -0.15) is 0 Å². The van der Waals surface area contributed by atoms with Crippen LogP contribution >= 0.6 is 12.2 Å². The molecule has 3 heterocycles. The minimum Gasteiger partial charge on any atom is -0.465 e. The van der Waals surface area contributed by atoms with Crippen molar-refractivity contribution in [3.05, 3.63) is 82.9 Å². The van der Waals surface area contributed by atoms with E-state index in [1.54, 1.807) is 6.07 Å². The number of rotatable bonds is 7. The monoisotopic (exact) mass is 477 g/mol. The Labute approximate surface area is 206 Å². The third-order valence-corrected chi connectivity index (χ3v) is 6.65. The Morgan fingerprint density at radius 2 is 1.97 bits per heavy atom. The zero-order valence-electron chi connectivity index (χ0n) is 20.3. The van der Waals surface area contributed by atoms with Crippen LogP contribution in [-0.2, 0) is 4.74 Å². The van der Waals surface area contributed by atoms with Crippen LogP contribution in [0.5, 0.6) is 0 Å². The van der Waals surface area contributed by atoms with E-state index in [2.05, 4.69) is 58.7 Å². The maximum atomic E-state index is 12.1. The maximum absolute atomic E-state index is 12.1. The molecule has 0 saturated carbocycles. The first-order chi connectivity index (χ1) is 16.3. The largest absolute Gasteiger partial charge is 0.465 e. The molecule has 1 saturated heterocycles. The van der Waals surface area contributed by atoms with Gasteiger partial charge in [0.15, 0.2) is 5.11 Å². The summed E-state index contributed by atoms with van der Waals surface area (Å²) >= 11 is 5.79. The van der Waals surface area contributed by atoms with Gasteiger partial charge in [0, 0.05) is 36.4 Å².